The Morgan fingerprint density at radius 1 is 1.16 bits per heavy atom. The Hall–Kier alpha value is -2.55. The van der Waals surface area contributed by atoms with Gasteiger partial charge in [-0.15, -0.1) is 0 Å². The molecule has 1 atom stereocenters. The fourth-order valence-electron chi connectivity index (χ4n) is 1.84. The van der Waals surface area contributed by atoms with Crippen LogP contribution in [-0.4, -0.2) is 23.9 Å². The summed E-state index contributed by atoms with van der Waals surface area (Å²) in [5.74, 6) is -0.344. The van der Waals surface area contributed by atoms with Crippen LogP contribution in [0.15, 0.2) is 24.3 Å². The number of hydrogen-bond acceptors (Lipinski definition) is 4. The van der Waals surface area contributed by atoms with Crippen molar-refractivity contribution in [3.05, 3.63) is 24.3 Å². The van der Waals surface area contributed by atoms with E-state index in [-0.39, 0.29) is 24.3 Å². The SMILES string of the molecule is CC(C)C(C)(C#N)NC(=O)CNc1cccc(NC(=O)C(C)(C)C)c1. The summed E-state index contributed by atoms with van der Waals surface area (Å²) in [5.41, 5.74) is -0.0112. The molecule has 6 nitrogen and oxygen atoms in total. The van der Waals surface area contributed by atoms with Gasteiger partial charge in [0.2, 0.25) is 11.8 Å². The largest absolute Gasteiger partial charge is 0.376 e. The molecular weight excluding hydrogens is 316 g/mol. The van der Waals surface area contributed by atoms with Gasteiger partial charge in [-0.3, -0.25) is 9.59 Å². The Morgan fingerprint density at radius 2 is 1.76 bits per heavy atom. The average Bonchev–Trinajstić information content (AvgIpc) is 2.52. The van der Waals surface area contributed by atoms with Gasteiger partial charge in [0.1, 0.15) is 5.54 Å². The molecule has 0 fully saturated rings. The quantitative estimate of drug-likeness (QED) is 0.739. The highest BCUT2D eigenvalue weighted by molar-refractivity contribution is 5.95. The second-order valence-corrected chi connectivity index (χ2v) is 7.66. The Labute approximate surface area is 150 Å². The summed E-state index contributed by atoms with van der Waals surface area (Å²) in [4.78, 5) is 24.1. The van der Waals surface area contributed by atoms with Crippen LogP contribution in [0, 0.1) is 22.7 Å². The molecule has 0 spiro atoms. The van der Waals surface area contributed by atoms with Gasteiger partial charge in [0.25, 0.3) is 0 Å². The van der Waals surface area contributed by atoms with Crippen molar-refractivity contribution in [2.75, 3.05) is 17.2 Å². The van der Waals surface area contributed by atoms with Crippen LogP contribution in [0.1, 0.15) is 41.5 Å². The van der Waals surface area contributed by atoms with Crippen LogP contribution in [0.4, 0.5) is 11.4 Å². The van der Waals surface area contributed by atoms with Crippen LogP contribution in [0.25, 0.3) is 0 Å². The fourth-order valence-corrected chi connectivity index (χ4v) is 1.84. The number of nitriles is 1. The summed E-state index contributed by atoms with van der Waals surface area (Å²) in [7, 11) is 0. The third-order valence-electron chi connectivity index (χ3n) is 4.04. The molecule has 0 heterocycles. The highest BCUT2D eigenvalue weighted by Crippen LogP contribution is 2.20. The first-order valence-corrected chi connectivity index (χ1v) is 8.35. The topological polar surface area (TPSA) is 94.0 Å². The van der Waals surface area contributed by atoms with Crippen molar-refractivity contribution in [2.45, 2.75) is 47.1 Å². The zero-order valence-electron chi connectivity index (χ0n) is 15.9. The van der Waals surface area contributed by atoms with E-state index in [9.17, 15) is 14.9 Å². The van der Waals surface area contributed by atoms with E-state index in [2.05, 4.69) is 22.0 Å². The molecule has 3 N–H and O–H groups in total. The van der Waals surface area contributed by atoms with Crippen molar-refractivity contribution in [3.63, 3.8) is 0 Å². The third-order valence-corrected chi connectivity index (χ3v) is 4.04. The molecule has 0 aliphatic rings. The number of nitrogens with zero attached hydrogens (tertiary/aromatic N) is 1. The first kappa shape index (κ1) is 20.5. The van der Waals surface area contributed by atoms with Crippen LogP contribution < -0.4 is 16.0 Å². The van der Waals surface area contributed by atoms with E-state index in [1.807, 2.05) is 40.7 Å². The first-order valence-electron chi connectivity index (χ1n) is 8.35. The molecule has 136 valence electrons. The Balaban J connectivity index is 2.67. The molecule has 25 heavy (non-hydrogen) atoms. The predicted octanol–water partition coefficient (Wildman–Crippen LogP) is 3.14. The van der Waals surface area contributed by atoms with E-state index in [0.29, 0.717) is 11.4 Å². The number of anilines is 2. The number of nitrogens with one attached hydrogen (secondary N) is 3. The lowest BCUT2D eigenvalue weighted by molar-refractivity contribution is -0.123. The first-order chi connectivity index (χ1) is 11.5. The van der Waals surface area contributed by atoms with Gasteiger partial charge in [-0.1, -0.05) is 40.7 Å². The van der Waals surface area contributed by atoms with Gasteiger partial charge in [-0.2, -0.15) is 5.26 Å². The molecule has 1 aromatic carbocycles. The summed E-state index contributed by atoms with van der Waals surface area (Å²) >= 11 is 0. The normalized spacial score (nSPS) is 13.5. The predicted molar refractivity (Wildman–Crippen MR) is 100 cm³/mol. The Morgan fingerprint density at radius 3 is 2.28 bits per heavy atom. The summed E-state index contributed by atoms with van der Waals surface area (Å²) in [5, 5.41) is 17.9. The molecule has 1 rings (SSSR count). The monoisotopic (exact) mass is 344 g/mol. The molecule has 0 aromatic heterocycles. The maximum atomic E-state index is 12.1. The van der Waals surface area contributed by atoms with Crippen LogP contribution in [-0.2, 0) is 9.59 Å². The lowest BCUT2D eigenvalue weighted by atomic mass is 9.90. The van der Waals surface area contributed by atoms with Crippen LogP contribution in [0.2, 0.25) is 0 Å². The minimum Gasteiger partial charge on any atom is -0.376 e. The van der Waals surface area contributed by atoms with Crippen molar-refractivity contribution in [3.8, 4) is 6.07 Å². The molecule has 6 heteroatoms. The minimum atomic E-state index is -0.901. The maximum absolute atomic E-state index is 12.1. The summed E-state index contributed by atoms with van der Waals surface area (Å²) in [6, 6.07) is 9.31. The summed E-state index contributed by atoms with van der Waals surface area (Å²) in [6.45, 7) is 11.1. The maximum Gasteiger partial charge on any atom is 0.240 e. The molecule has 0 aliphatic carbocycles. The van der Waals surface area contributed by atoms with Gasteiger partial charge < -0.3 is 16.0 Å². The van der Waals surface area contributed by atoms with Gasteiger partial charge in [-0.25, -0.2) is 0 Å². The average molecular weight is 344 g/mol. The van der Waals surface area contributed by atoms with Crippen molar-refractivity contribution in [1.29, 1.82) is 5.26 Å². The standard InChI is InChI=1S/C19H28N4O2/c1-13(2)19(6,12-20)23-16(24)11-21-14-8-7-9-15(10-14)22-17(25)18(3,4)5/h7-10,13,21H,11H2,1-6H3,(H,22,25)(H,23,24). The van der Waals surface area contributed by atoms with Crippen molar-refractivity contribution in [2.24, 2.45) is 11.3 Å². The lowest BCUT2D eigenvalue weighted by Gasteiger charge is -2.27. The van der Waals surface area contributed by atoms with E-state index >= 15 is 0 Å². The van der Waals surface area contributed by atoms with Gasteiger partial charge in [0.15, 0.2) is 0 Å². The number of benzene rings is 1. The summed E-state index contributed by atoms with van der Waals surface area (Å²) in [6.07, 6.45) is 0. The van der Waals surface area contributed by atoms with Gasteiger partial charge in [0.05, 0.1) is 12.6 Å². The van der Waals surface area contributed by atoms with Crippen LogP contribution in [0.5, 0.6) is 0 Å². The third kappa shape index (κ3) is 6.11. The van der Waals surface area contributed by atoms with Crippen molar-refractivity contribution >= 4 is 23.2 Å². The zero-order valence-corrected chi connectivity index (χ0v) is 15.9. The minimum absolute atomic E-state index is 0.00242. The molecular formula is C19H28N4O2. The lowest BCUT2D eigenvalue weighted by Crippen LogP contribution is -2.50. The van der Waals surface area contributed by atoms with E-state index in [4.69, 9.17) is 0 Å². The second-order valence-electron chi connectivity index (χ2n) is 7.66. The number of carbonyl (C=O) groups excluding carboxylic acids is 2. The highest BCUT2D eigenvalue weighted by Gasteiger charge is 2.29. The zero-order chi connectivity index (χ0) is 19.3. The van der Waals surface area contributed by atoms with E-state index in [1.165, 1.54) is 0 Å². The molecule has 0 saturated heterocycles. The molecule has 2 amide bonds. The number of carbonyl (C=O) groups is 2. The molecule has 0 bridgehead atoms. The second kappa shape index (κ2) is 8.02. The Kier molecular flexibility index (Phi) is 6.57. The van der Waals surface area contributed by atoms with Crippen LogP contribution in [0.3, 0.4) is 0 Å². The Bertz CT molecular complexity index is 671. The fraction of sp³-hybridized carbons (Fsp3) is 0.526. The van der Waals surface area contributed by atoms with E-state index in [1.54, 1.807) is 25.1 Å². The number of hydrogen-bond donors (Lipinski definition) is 3. The van der Waals surface area contributed by atoms with Crippen molar-refractivity contribution < 1.29 is 9.59 Å². The number of rotatable bonds is 6. The molecule has 0 radical (unpaired) electrons. The van der Waals surface area contributed by atoms with Gasteiger partial charge in [0, 0.05) is 16.8 Å². The smallest absolute Gasteiger partial charge is 0.240 e. The number of amides is 2. The molecule has 1 unspecified atom stereocenters. The van der Waals surface area contributed by atoms with E-state index in [0.717, 1.165) is 0 Å². The van der Waals surface area contributed by atoms with E-state index < -0.39 is 11.0 Å². The van der Waals surface area contributed by atoms with Crippen LogP contribution >= 0.6 is 0 Å². The molecule has 0 saturated carbocycles. The molecule has 0 aliphatic heterocycles. The summed E-state index contributed by atoms with van der Waals surface area (Å²) < 4.78 is 0. The highest BCUT2D eigenvalue weighted by atomic mass is 16.2. The van der Waals surface area contributed by atoms with Gasteiger partial charge in [-0.05, 0) is 31.0 Å². The van der Waals surface area contributed by atoms with Crippen molar-refractivity contribution in [1.82, 2.24) is 5.32 Å². The molecule has 1 aromatic rings. The van der Waals surface area contributed by atoms with Gasteiger partial charge >= 0.3 is 0 Å².